The van der Waals surface area contributed by atoms with Gasteiger partial charge in [0.1, 0.15) is 5.75 Å². The number of rotatable bonds is 9. The maximum absolute atomic E-state index is 14.9. The van der Waals surface area contributed by atoms with E-state index in [1.165, 1.54) is 6.07 Å². The van der Waals surface area contributed by atoms with Crippen LogP contribution in [0.1, 0.15) is 54.1 Å². The van der Waals surface area contributed by atoms with Crippen LogP contribution in [0.5, 0.6) is 5.75 Å². The van der Waals surface area contributed by atoms with Crippen molar-refractivity contribution in [3.05, 3.63) is 99.0 Å². The molecule has 2 heterocycles. The van der Waals surface area contributed by atoms with Crippen LogP contribution in [0.2, 0.25) is 10.0 Å². The molecule has 3 aromatic rings. The van der Waals surface area contributed by atoms with Gasteiger partial charge in [0.15, 0.2) is 5.66 Å². The molecule has 2 aliphatic heterocycles. The molecule has 5 rings (SSSR count). The lowest BCUT2D eigenvalue weighted by atomic mass is 9.93. The van der Waals surface area contributed by atoms with Crippen LogP contribution < -0.4 is 20.7 Å². The number of piperidine rings is 1. The fourth-order valence-corrected chi connectivity index (χ4v) is 6.52. The average Bonchev–Trinajstić information content (AvgIpc) is 3.43. The van der Waals surface area contributed by atoms with Crippen molar-refractivity contribution < 1.29 is 27.5 Å². The first-order valence-electron chi connectivity index (χ1n) is 15.4. The van der Waals surface area contributed by atoms with E-state index in [9.17, 15) is 22.8 Å². The predicted molar refractivity (Wildman–Crippen MR) is 175 cm³/mol. The van der Waals surface area contributed by atoms with Crippen molar-refractivity contribution in [2.24, 2.45) is 0 Å². The molecule has 0 saturated carbocycles. The van der Waals surface area contributed by atoms with E-state index >= 15 is 0 Å². The van der Waals surface area contributed by atoms with Crippen LogP contribution in [-0.2, 0) is 21.4 Å². The Balaban J connectivity index is 1.58. The maximum atomic E-state index is 14.9. The van der Waals surface area contributed by atoms with Crippen LogP contribution in [0.15, 0.2) is 66.7 Å². The van der Waals surface area contributed by atoms with Gasteiger partial charge in [-0.2, -0.15) is 13.2 Å². The van der Waals surface area contributed by atoms with Gasteiger partial charge in [-0.15, -0.1) is 0 Å². The summed E-state index contributed by atoms with van der Waals surface area (Å²) in [4.78, 5) is 30.8. The number of nitrogens with zero attached hydrogens (tertiary/aromatic N) is 2. The smallest absolute Gasteiger partial charge is 0.416 e. The molecule has 3 N–H and O–H groups in total. The first-order valence-corrected chi connectivity index (χ1v) is 16.2. The monoisotopic (exact) mass is 691 g/mol. The number of carbonyl (C=O) groups excluding carboxylic acids is 2. The highest BCUT2D eigenvalue weighted by Gasteiger charge is 2.55. The number of alkyl halides is 3. The zero-order valence-corrected chi connectivity index (χ0v) is 27.8. The lowest BCUT2D eigenvalue weighted by Crippen LogP contribution is -2.61. The van der Waals surface area contributed by atoms with Crippen LogP contribution in [0.3, 0.4) is 0 Å². The quantitative estimate of drug-likeness (QED) is 0.259. The van der Waals surface area contributed by atoms with Gasteiger partial charge in [-0.1, -0.05) is 53.5 Å². The third kappa shape index (κ3) is 7.87. The zero-order valence-electron chi connectivity index (χ0n) is 26.3. The summed E-state index contributed by atoms with van der Waals surface area (Å²) in [6.07, 6.45) is -3.57. The summed E-state index contributed by atoms with van der Waals surface area (Å²) in [5, 5.41) is 11.2. The van der Waals surface area contributed by atoms with Gasteiger partial charge < -0.3 is 19.9 Å². The second-order valence-electron chi connectivity index (χ2n) is 12.1. The van der Waals surface area contributed by atoms with Gasteiger partial charge in [-0.05, 0) is 81.4 Å². The Morgan fingerprint density at radius 2 is 1.47 bits per heavy atom. The zero-order chi connectivity index (χ0) is 33.9. The second kappa shape index (κ2) is 14.4. The van der Waals surface area contributed by atoms with E-state index in [0.717, 1.165) is 23.3 Å². The maximum Gasteiger partial charge on any atom is 0.416 e. The van der Waals surface area contributed by atoms with E-state index < -0.39 is 29.5 Å². The Kier molecular flexibility index (Phi) is 10.7. The number of halogens is 5. The van der Waals surface area contributed by atoms with Gasteiger partial charge in [0, 0.05) is 34.7 Å². The lowest BCUT2D eigenvalue weighted by molar-refractivity contribution is -0.141. The van der Waals surface area contributed by atoms with Crippen molar-refractivity contribution in [1.82, 2.24) is 25.8 Å². The molecule has 0 aromatic heterocycles. The van der Waals surface area contributed by atoms with Crippen LogP contribution in [0, 0.1) is 0 Å². The normalized spacial score (nSPS) is 22.0. The summed E-state index contributed by atoms with van der Waals surface area (Å²) in [5.74, 6) is -0.530. The van der Waals surface area contributed by atoms with Crippen LogP contribution in [-0.4, -0.2) is 68.0 Å². The van der Waals surface area contributed by atoms with Gasteiger partial charge >= 0.3 is 6.18 Å². The number of hydrogen-bond donors (Lipinski definition) is 3. The molecule has 13 heteroatoms. The number of benzene rings is 3. The number of likely N-dealkylation sites (tertiary alicyclic amines) is 1. The Hall–Kier alpha value is -3.35. The van der Waals surface area contributed by atoms with Crippen molar-refractivity contribution in [2.75, 3.05) is 40.3 Å². The molecular weight excluding hydrogens is 654 g/mol. The molecule has 2 unspecified atom stereocenters. The Morgan fingerprint density at radius 3 is 1.94 bits per heavy atom. The predicted octanol–water partition coefficient (Wildman–Crippen LogP) is 5.91. The van der Waals surface area contributed by atoms with Gasteiger partial charge in [-0.25, -0.2) is 0 Å². The van der Waals surface area contributed by atoms with E-state index in [0.29, 0.717) is 36.0 Å². The molecule has 2 amide bonds. The molecule has 47 heavy (non-hydrogen) atoms. The number of ether oxygens (including phenoxy) is 1. The number of hydrogen-bond acceptors (Lipinski definition) is 6. The Morgan fingerprint density at radius 1 is 0.936 bits per heavy atom. The largest absolute Gasteiger partial charge is 0.493 e. The summed E-state index contributed by atoms with van der Waals surface area (Å²) in [7, 11) is 3.63. The second-order valence-corrected chi connectivity index (χ2v) is 13.0. The molecule has 3 aromatic carbocycles. The molecule has 2 atom stereocenters. The first-order chi connectivity index (χ1) is 22.3. The van der Waals surface area contributed by atoms with Gasteiger partial charge in [-0.3, -0.25) is 20.2 Å². The molecule has 0 spiro atoms. The molecule has 2 saturated heterocycles. The highest BCUT2D eigenvalue weighted by molar-refractivity contribution is 6.30. The number of likely N-dealkylation sites (N-methyl/N-ethyl adjacent to an activating group) is 1. The van der Waals surface area contributed by atoms with Crippen molar-refractivity contribution in [1.29, 1.82) is 0 Å². The van der Waals surface area contributed by atoms with Crippen molar-refractivity contribution in [2.45, 2.75) is 49.7 Å². The van der Waals surface area contributed by atoms with Crippen LogP contribution >= 0.6 is 23.2 Å². The SMILES string of the molecule is CCOc1cc(C(F)(F)F)ccc1C1(C(=O)N2CCC(NC(=O)CN(C)C)CC2)NC(c2ccc(Cl)cc2)C(c2ccc(Cl)cc2)N1. The Labute approximate surface area is 282 Å². The minimum atomic E-state index is -4.62. The summed E-state index contributed by atoms with van der Waals surface area (Å²) in [6.45, 7) is 2.67. The van der Waals surface area contributed by atoms with Crippen molar-refractivity contribution in [3.8, 4) is 5.75 Å². The van der Waals surface area contributed by atoms with Gasteiger partial charge in [0.25, 0.3) is 5.91 Å². The average molecular weight is 693 g/mol. The minimum absolute atomic E-state index is 0.0619. The first kappa shape index (κ1) is 35.0. The van der Waals surface area contributed by atoms with E-state index in [2.05, 4.69) is 16.0 Å². The topological polar surface area (TPSA) is 85.9 Å². The molecule has 8 nitrogen and oxygen atoms in total. The molecular formula is C34H38Cl2F3N5O3. The molecule has 252 valence electrons. The highest BCUT2D eigenvalue weighted by Crippen LogP contribution is 2.46. The minimum Gasteiger partial charge on any atom is -0.493 e. The number of amides is 2. The number of nitrogens with one attached hydrogen (secondary N) is 3. The van der Waals surface area contributed by atoms with Crippen LogP contribution in [0.25, 0.3) is 0 Å². The highest BCUT2D eigenvalue weighted by atomic mass is 35.5. The summed E-state index contributed by atoms with van der Waals surface area (Å²) >= 11 is 12.4. The number of carbonyl (C=O) groups is 2. The van der Waals surface area contributed by atoms with Gasteiger partial charge in [0.05, 0.1) is 30.8 Å². The lowest BCUT2D eigenvalue weighted by Gasteiger charge is -2.40. The molecule has 0 bridgehead atoms. The van der Waals surface area contributed by atoms with E-state index in [-0.39, 0.29) is 42.3 Å². The summed E-state index contributed by atoms with van der Waals surface area (Å²) in [5.41, 5.74) is -0.728. The van der Waals surface area contributed by atoms with Crippen LogP contribution in [0.4, 0.5) is 13.2 Å². The van der Waals surface area contributed by atoms with E-state index in [4.69, 9.17) is 27.9 Å². The fourth-order valence-electron chi connectivity index (χ4n) is 6.27. The molecule has 0 radical (unpaired) electrons. The fraction of sp³-hybridized carbons (Fsp3) is 0.412. The summed E-state index contributed by atoms with van der Waals surface area (Å²) < 4.78 is 47.4. The van der Waals surface area contributed by atoms with Crippen molar-refractivity contribution >= 4 is 35.0 Å². The molecule has 2 aliphatic rings. The van der Waals surface area contributed by atoms with Crippen molar-refractivity contribution in [3.63, 3.8) is 0 Å². The summed E-state index contributed by atoms with van der Waals surface area (Å²) in [6, 6.07) is 16.5. The third-order valence-electron chi connectivity index (χ3n) is 8.48. The molecule has 0 aliphatic carbocycles. The van der Waals surface area contributed by atoms with E-state index in [1.54, 1.807) is 41.0 Å². The third-order valence-corrected chi connectivity index (χ3v) is 8.98. The Bertz CT molecular complexity index is 1510. The molecule has 2 fully saturated rings. The standard InChI is InChI=1S/C34H38Cl2F3N5O3/c1-4-47-28-19-23(34(37,38)39)9-14-27(28)33(32(46)44-17-15-26(16-18-44)40-29(45)20-43(2)3)41-30(21-5-10-24(35)11-6-21)31(42-33)22-7-12-25(36)13-8-22/h5-14,19,26,30-31,41-42H,4,15-18,20H2,1-3H3,(H,40,45). The van der Waals surface area contributed by atoms with Gasteiger partial charge in [0.2, 0.25) is 5.91 Å². The van der Waals surface area contributed by atoms with E-state index in [1.807, 2.05) is 38.4 Å².